The molecule has 0 unspecified atom stereocenters. The van der Waals surface area contributed by atoms with Crippen molar-refractivity contribution in [3.05, 3.63) is 23.8 Å². The number of aliphatic hydroxyl groups excluding tert-OH is 7. The van der Waals surface area contributed by atoms with Gasteiger partial charge in [-0.2, -0.15) is 0 Å². The fraction of sp³-hybridized carbons (Fsp3) is 0.667. The molecule has 0 aromatic carbocycles. The lowest BCUT2D eigenvalue weighted by atomic mass is 10.1. The molecule has 7 N–H and O–H groups in total. The maximum atomic E-state index is 9.74. The molecule has 5 atom stereocenters. The van der Waals surface area contributed by atoms with Gasteiger partial charge in [-0.15, -0.1) is 0 Å². The van der Waals surface area contributed by atoms with Gasteiger partial charge in [0.05, 0.1) is 36.9 Å². The molecule has 0 fully saturated rings. The largest absolute Gasteiger partial charge is 0.394 e. The third-order valence-electron chi connectivity index (χ3n) is 2.98. The van der Waals surface area contributed by atoms with Crippen LogP contribution in [0.4, 0.5) is 0 Å². The van der Waals surface area contributed by atoms with Crippen LogP contribution in [0.2, 0.25) is 0 Å². The number of nitrogens with zero attached hydrogens (tertiary/aromatic N) is 2. The Balaban J connectivity index is 2.69. The highest BCUT2D eigenvalue weighted by atomic mass is 16.4. The molecular formula is C12H20N2O7. The third-order valence-corrected chi connectivity index (χ3v) is 2.98. The number of hydrogen-bond donors (Lipinski definition) is 7. The molecule has 0 aliphatic rings. The Morgan fingerprint density at radius 3 is 1.90 bits per heavy atom. The number of aromatic nitrogens is 2. The highest BCUT2D eigenvalue weighted by molar-refractivity contribution is 5.08. The maximum absolute atomic E-state index is 9.74. The van der Waals surface area contributed by atoms with E-state index in [4.69, 9.17) is 10.2 Å². The van der Waals surface area contributed by atoms with Gasteiger partial charge in [-0.05, 0) is 0 Å². The van der Waals surface area contributed by atoms with Crippen molar-refractivity contribution < 1.29 is 35.7 Å². The first kappa shape index (κ1) is 17.9. The normalized spacial score (nSPS) is 18.8. The van der Waals surface area contributed by atoms with Crippen LogP contribution in [0, 0.1) is 0 Å². The van der Waals surface area contributed by atoms with E-state index in [0.29, 0.717) is 5.69 Å². The van der Waals surface area contributed by atoms with Crippen molar-refractivity contribution in [2.45, 2.75) is 36.9 Å². The first-order valence-corrected chi connectivity index (χ1v) is 6.33. The van der Waals surface area contributed by atoms with Gasteiger partial charge in [0, 0.05) is 12.6 Å². The van der Waals surface area contributed by atoms with Gasteiger partial charge < -0.3 is 35.7 Å². The van der Waals surface area contributed by atoms with Crippen LogP contribution in [0.3, 0.4) is 0 Å². The number of rotatable bonds is 8. The summed E-state index contributed by atoms with van der Waals surface area (Å²) in [5, 5.41) is 64.6. The van der Waals surface area contributed by atoms with Crippen LogP contribution in [-0.2, 0) is 6.42 Å². The summed E-state index contributed by atoms with van der Waals surface area (Å²) in [6.07, 6.45) is -4.83. The number of aliphatic hydroxyl groups is 7. The first-order chi connectivity index (χ1) is 9.90. The molecule has 0 bridgehead atoms. The summed E-state index contributed by atoms with van der Waals surface area (Å²) in [6, 6.07) is 0. The standard InChI is InChI=1S/C12H20N2O7/c15-4-9(18)8(17)1-6-2-14-7(3-13-6)11(20)12(21)10(19)5-16/h2-3,8-12,15-21H,1,4-5H2/t8-,9+,10+,11+,12+/m0/s1/i2+1,3+1,6+1,7+1. The molecule has 0 aliphatic carbocycles. The molecule has 21 heavy (non-hydrogen) atoms. The lowest BCUT2D eigenvalue weighted by molar-refractivity contribution is -0.0790. The summed E-state index contributed by atoms with van der Waals surface area (Å²) in [5.74, 6) is 0. The van der Waals surface area contributed by atoms with Crippen molar-refractivity contribution in [1.29, 1.82) is 0 Å². The molecule has 0 saturated carbocycles. The van der Waals surface area contributed by atoms with Gasteiger partial charge in [0.15, 0.2) is 0 Å². The topological polar surface area (TPSA) is 167 Å². The summed E-state index contributed by atoms with van der Waals surface area (Å²) in [5.41, 5.74) is 0.291. The van der Waals surface area contributed by atoms with Crippen molar-refractivity contribution in [3.8, 4) is 0 Å². The van der Waals surface area contributed by atoms with E-state index < -0.39 is 43.7 Å². The van der Waals surface area contributed by atoms with Crippen molar-refractivity contribution in [3.63, 3.8) is 0 Å². The van der Waals surface area contributed by atoms with Crippen LogP contribution in [0.25, 0.3) is 0 Å². The Morgan fingerprint density at radius 2 is 1.43 bits per heavy atom. The predicted molar refractivity (Wildman–Crippen MR) is 68.9 cm³/mol. The van der Waals surface area contributed by atoms with Gasteiger partial charge in [-0.25, -0.2) is 0 Å². The zero-order chi connectivity index (χ0) is 16.0. The quantitative estimate of drug-likeness (QED) is 0.257. The van der Waals surface area contributed by atoms with E-state index in [9.17, 15) is 25.5 Å². The first-order valence-electron chi connectivity index (χ1n) is 6.33. The molecule has 9 nitrogen and oxygen atoms in total. The van der Waals surface area contributed by atoms with Crippen LogP contribution < -0.4 is 0 Å². The lowest BCUT2D eigenvalue weighted by Gasteiger charge is -2.21. The molecule has 1 aromatic heterocycles. The zero-order valence-corrected chi connectivity index (χ0v) is 11.2. The Kier molecular flexibility index (Phi) is 7.05. The second-order valence-corrected chi connectivity index (χ2v) is 4.64. The molecule has 0 saturated heterocycles. The third kappa shape index (κ3) is 4.93. The van der Waals surface area contributed by atoms with Gasteiger partial charge in [0.25, 0.3) is 0 Å². The second-order valence-electron chi connectivity index (χ2n) is 4.64. The van der Waals surface area contributed by atoms with E-state index in [2.05, 4.69) is 9.97 Å². The highest BCUT2D eigenvalue weighted by Crippen LogP contribution is 2.16. The lowest BCUT2D eigenvalue weighted by Crippen LogP contribution is -2.35. The van der Waals surface area contributed by atoms with Gasteiger partial charge in [0.1, 0.15) is 24.4 Å². The molecule has 1 aromatic rings. The number of hydrogen-bond acceptors (Lipinski definition) is 9. The summed E-state index contributed by atoms with van der Waals surface area (Å²) in [4.78, 5) is 7.73. The minimum Gasteiger partial charge on any atom is -0.394 e. The second kappa shape index (κ2) is 8.29. The Hall–Kier alpha value is -1.20. The van der Waals surface area contributed by atoms with E-state index in [1.54, 1.807) is 0 Å². The Labute approximate surface area is 120 Å². The molecule has 0 amide bonds. The fourth-order valence-electron chi connectivity index (χ4n) is 1.59. The average molecular weight is 308 g/mol. The van der Waals surface area contributed by atoms with Crippen molar-refractivity contribution >= 4 is 0 Å². The van der Waals surface area contributed by atoms with Crippen LogP contribution in [-0.4, -0.2) is 83.3 Å². The highest BCUT2D eigenvalue weighted by Gasteiger charge is 2.26. The summed E-state index contributed by atoms with van der Waals surface area (Å²) in [7, 11) is 0. The molecule has 1 rings (SSSR count). The van der Waals surface area contributed by atoms with E-state index in [1.165, 1.54) is 6.20 Å². The molecular weight excluding hydrogens is 288 g/mol. The van der Waals surface area contributed by atoms with Crippen molar-refractivity contribution in [2.75, 3.05) is 13.2 Å². The van der Waals surface area contributed by atoms with E-state index in [1.807, 2.05) is 0 Å². The van der Waals surface area contributed by atoms with Crippen LogP contribution in [0.1, 0.15) is 17.5 Å². The minimum absolute atomic E-state index is 0.0176. The van der Waals surface area contributed by atoms with E-state index >= 15 is 0 Å². The summed E-state index contributed by atoms with van der Waals surface area (Å²) in [6.45, 7) is -1.30. The molecule has 120 valence electrons. The Bertz CT molecular complexity index is 417. The SMILES string of the molecule is OC[C@@H](O)[C@@H](O)[C@H](O)[13c]1[13cH]n[13c](C[C@H](O)[C@H](O)CO)[13cH]n1. The fourth-order valence-corrected chi connectivity index (χ4v) is 1.59. The van der Waals surface area contributed by atoms with Crippen LogP contribution in [0.15, 0.2) is 12.4 Å². The molecule has 0 aliphatic heterocycles. The molecule has 1 heterocycles. The van der Waals surface area contributed by atoms with Gasteiger partial charge in [0.2, 0.25) is 0 Å². The minimum atomic E-state index is -1.61. The van der Waals surface area contributed by atoms with Gasteiger partial charge >= 0.3 is 0 Å². The monoisotopic (exact) mass is 308 g/mol. The van der Waals surface area contributed by atoms with Gasteiger partial charge in [-0.1, -0.05) is 0 Å². The Morgan fingerprint density at radius 1 is 0.810 bits per heavy atom. The van der Waals surface area contributed by atoms with E-state index in [0.717, 1.165) is 6.20 Å². The van der Waals surface area contributed by atoms with Gasteiger partial charge in [-0.3, -0.25) is 9.97 Å². The molecule has 9 heteroatoms. The van der Waals surface area contributed by atoms with Crippen LogP contribution >= 0.6 is 0 Å². The summed E-state index contributed by atoms with van der Waals surface area (Å²) >= 11 is 0. The zero-order valence-electron chi connectivity index (χ0n) is 11.2. The maximum Gasteiger partial charge on any atom is 0.126 e. The van der Waals surface area contributed by atoms with Crippen molar-refractivity contribution in [2.24, 2.45) is 0 Å². The average Bonchev–Trinajstić information content (AvgIpc) is 2.52. The van der Waals surface area contributed by atoms with Crippen LogP contribution in [0.5, 0.6) is 0 Å². The predicted octanol–water partition coefficient (Wildman–Crippen LogP) is -3.52. The van der Waals surface area contributed by atoms with E-state index in [-0.39, 0.29) is 12.1 Å². The molecule has 0 radical (unpaired) electrons. The van der Waals surface area contributed by atoms with Crippen molar-refractivity contribution in [1.82, 2.24) is 9.97 Å². The smallest absolute Gasteiger partial charge is 0.126 e. The summed E-state index contributed by atoms with van der Waals surface area (Å²) < 4.78 is 0. The molecule has 0 spiro atoms.